The molecular weight excluding hydrogens is 564 g/mol. The summed E-state index contributed by atoms with van der Waals surface area (Å²) in [4.78, 5) is 33.9. The van der Waals surface area contributed by atoms with Crippen molar-refractivity contribution >= 4 is 21.9 Å². The van der Waals surface area contributed by atoms with Gasteiger partial charge in [0.2, 0.25) is 5.89 Å². The number of aromatic nitrogens is 2. The normalized spacial score (nSPS) is 13.1. The summed E-state index contributed by atoms with van der Waals surface area (Å²) in [6, 6.07) is 9.36. The minimum absolute atomic E-state index is 0.209. The lowest BCUT2D eigenvalue weighted by Gasteiger charge is -2.15. The van der Waals surface area contributed by atoms with E-state index >= 15 is 0 Å². The Morgan fingerprint density at radius 3 is 2.55 bits per heavy atom. The van der Waals surface area contributed by atoms with Crippen LogP contribution < -0.4 is 14.8 Å². The molecule has 0 unspecified atom stereocenters. The van der Waals surface area contributed by atoms with Gasteiger partial charge in [0.15, 0.2) is 18.2 Å². The Morgan fingerprint density at radius 2 is 1.86 bits per heavy atom. The number of nitrogens with one attached hydrogen (secondary N) is 1. The molecule has 1 aliphatic heterocycles. The van der Waals surface area contributed by atoms with Crippen LogP contribution in [-0.2, 0) is 31.1 Å². The van der Waals surface area contributed by atoms with Crippen molar-refractivity contribution in [3.63, 3.8) is 0 Å². The quantitative estimate of drug-likeness (QED) is 0.0652. The zero-order valence-electron chi connectivity index (χ0n) is 23.2. The number of benzene rings is 1. The van der Waals surface area contributed by atoms with E-state index in [4.69, 9.17) is 14.0 Å². The lowest BCUT2D eigenvalue weighted by Crippen LogP contribution is -2.36. The molecule has 3 heterocycles. The highest BCUT2D eigenvalue weighted by atomic mass is 32.2. The van der Waals surface area contributed by atoms with Crippen LogP contribution in [0.5, 0.6) is 5.75 Å². The van der Waals surface area contributed by atoms with Gasteiger partial charge in [0, 0.05) is 67.1 Å². The Balaban J connectivity index is 1.19. The molecule has 4 rings (SSSR count). The van der Waals surface area contributed by atoms with Gasteiger partial charge in [-0.1, -0.05) is 6.58 Å². The molecule has 0 aliphatic carbocycles. The Bertz CT molecular complexity index is 1550. The highest BCUT2D eigenvalue weighted by molar-refractivity contribution is 7.85. The number of hydroxylamine groups is 1. The number of carbonyl (C=O) groups is 2. The molecule has 1 N–H and O–H groups in total. The van der Waals surface area contributed by atoms with Crippen LogP contribution in [0, 0.1) is 6.92 Å². The average molecular weight is 597 g/mol. The summed E-state index contributed by atoms with van der Waals surface area (Å²) in [5, 5.41) is 0. The van der Waals surface area contributed by atoms with Crippen molar-refractivity contribution < 1.29 is 41.1 Å². The molecule has 42 heavy (non-hydrogen) atoms. The number of allylic oxidation sites excluding steroid dienone is 1. The second-order valence-electron chi connectivity index (χ2n) is 9.60. The Hall–Kier alpha value is -4.33. The van der Waals surface area contributed by atoms with Crippen LogP contribution in [0.1, 0.15) is 24.8 Å². The second kappa shape index (κ2) is 14.0. The van der Waals surface area contributed by atoms with E-state index in [0.717, 1.165) is 27.3 Å². The largest absolute Gasteiger partial charge is 0.748 e. The van der Waals surface area contributed by atoms with Crippen LogP contribution in [-0.4, -0.2) is 60.1 Å². The molecule has 0 bridgehead atoms. The van der Waals surface area contributed by atoms with E-state index in [1.54, 1.807) is 23.2 Å². The van der Waals surface area contributed by atoms with Crippen molar-refractivity contribution in [1.82, 2.24) is 15.4 Å². The maximum Gasteiger partial charge on any atom is 0.253 e. The average Bonchev–Trinajstić information content (AvgIpc) is 3.56. The fourth-order valence-electron chi connectivity index (χ4n) is 4.14. The van der Waals surface area contributed by atoms with Crippen molar-refractivity contribution in [3.05, 3.63) is 79.0 Å². The topological polar surface area (TPSA) is 155 Å². The SMILES string of the molecule is C=C(CCCOc1ccc(-c2cnc(-c3cc[n+](CCCS(=O)(=O)[O-])cc3)o2)cc1C)ONCCN1C(=O)C=CC1=O. The first-order chi connectivity index (χ1) is 20.1. The van der Waals surface area contributed by atoms with Gasteiger partial charge in [0.1, 0.15) is 18.1 Å². The standard InChI is InChI=1S/C29H32N4O8S/c1-21-19-24(26-20-30-29(40-26)23-10-14-32(15-11-23)13-4-18-42(36,37)38)6-7-25(21)39-17-3-5-22(2)41-31-12-16-33-27(34)8-9-28(33)35/h6-11,14-15,19-20,31H,2-5,12-13,16-18H2,1H3. The summed E-state index contributed by atoms with van der Waals surface area (Å²) < 4.78 is 46.0. The molecule has 12 nitrogen and oxygen atoms in total. The first kappa shape index (κ1) is 30.6. The highest BCUT2D eigenvalue weighted by Crippen LogP contribution is 2.29. The molecule has 2 amide bonds. The maximum absolute atomic E-state index is 11.5. The predicted octanol–water partition coefficient (Wildman–Crippen LogP) is 2.66. The maximum atomic E-state index is 11.5. The third-order valence-corrected chi connectivity index (χ3v) is 7.11. The fourth-order valence-corrected chi connectivity index (χ4v) is 4.63. The van der Waals surface area contributed by atoms with Gasteiger partial charge in [-0.3, -0.25) is 14.5 Å². The first-order valence-corrected chi connectivity index (χ1v) is 14.9. The van der Waals surface area contributed by atoms with E-state index in [0.29, 0.717) is 49.9 Å². The van der Waals surface area contributed by atoms with Gasteiger partial charge >= 0.3 is 0 Å². The first-order valence-electron chi connectivity index (χ1n) is 13.3. The number of hydrogen-bond donors (Lipinski definition) is 1. The highest BCUT2D eigenvalue weighted by Gasteiger charge is 2.22. The number of imide groups is 1. The Labute approximate surface area is 244 Å². The molecule has 0 saturated heterocycles. The number of amides is 2. The van der Waals surface area contributed by atoms with Gasteiger partial charge in [-0.2, -0.15) is 5.48 Å². The molecule has 2 aromatic heterocycles. The minimum atomic E-state index is -4.22. The molecular formula is C29H32N4O8S. The van der Waals surface area contributed by atoms with Crippen LogP contribution in [0.3, 0.4) is 0 Å². The Kier molecular flexibility index (Phi) is 10.2. The summed E-state index contributed by atoms with van der Waals surface area (Å²) in [6.45, 7) is 7.18. The molecule has 0 radical (unpaired) electrons. The van der Waals surface area contributed by atoms with Crippen molar-refractivity contribution in [2.24, 2.45) is 0 Å². The molecule has 1 aliphatic rings. The van der Waals surface area contributed by atoms with Crippen molar-refractivity contribution in [3.8, 4) is 28.5 Å². The lowest BCUT2D eigenvalue weighted by atomic mass is 10.1. The van der Waals surface area contributed by atoms with Crippen LogP contribution in [0.2, 0.25) is 0 Å². The van der Waals surface area contributed by atoms with Gasteiger partial charge in [-0.15, -0.1) is 0 Å². The molecule has 1 aromatic carbocycles. The number of rotatable bonds is 16. The van der Waals surface area contributed by atoms with Crippen molar-refractivity contribution in [2.45, 2.75) is 32.7 Å². The summed E-state index contributed by atoms with van der Waals surface area (Å²) in [5.41, 5.74) is 5.26. The van der Waals surface area contributed by atoms with Crippen LogP contribution in [0.25, 0.3) is 22.8 Å². The smallest absolute Gasteiger partial charge is 0.253 e. The monoisotopic (exact) mass is 596 g/mol. The van der Waals surface area contributed by atoms with Gasteiger partial charge in [0.05, 0.1) is 22.9 Å². The molecule has 222 valence electrons. The van der Waals surface area contributed by atoms with E-state index in [1.807, 2.05) is 37.3 Å². The summed E-state index contributed by atoms with van der Waals surface area (Å²) in [7, 11) is -4.22. The van der Waals surface area contributed by atoms with Crippen LogP contribution in [0.4, 0.5) is 0 Å². The molecule has 0 fully saturated rings. The molecule has 3 aromatic rings. The third-order valence-electron chi connectivity index (χ3n) is 6.33. The van der Waals surface area contributed by atoms with Gasteiger partial charge < -0.3 is 18.5 Å². The number of pyridine rings is 1. The molecule has 13 heteroatoms. The second-order valence-corrected chi connectivity index (χ2v) is 11.1. The number of aryl methyl sites for hydroxylation is 2. The Morgan fingerprint density at radius 1 is 1.12 bits per heavy atom. The number of ether oxygens (including phenoxy) is 1. The van der Waals surface area contributed by atoms with E-state index in [-0.39, 0.29) is 24.8 Å². The van der Waals surface area contributed by atoms with E-state index in [2.05, 4.69) is 17.0 Å². The summed E-state index contributed by atoms with van der Waals surface area (Å²) >= 11 is 0. The van der Waals surface area contributed by atoms with Crippen molar-refractivity contribution in [1.29, 1.82) is 0 Å². The molecule has 0 spiro atoms. The molecule has 0 saturated carbocycles. The third kappa shape index (κ3) is 8.83. The van der Waals surface area contributed by atoms with Gasteiger partial charge in [-0.25, -0.2) is 18.0 Å². The van der Waals surface area contributed by atoms with Gasteiger partial charge in [0.25, 0.3) is 11.8 Å². The zero-order chi connectivity index (χ0) is 30.1. The number of hydrogen-bond acceptors (Lipinski definition) is 10. The van der Waals surface area contributed by atoms with E-state index in [1.165, 1.54) is 12.2 Å². The molecule has 0 atom stereocenters. The van der Waals surface area contributed by atoms with E-state index in [9.17, 15) is 22.6 Å². The lowest BCUT2D eigenvalue weighted by molar-refractivity contribution is -0.696. The summed E-state index contributed by atoms with van der Waals surface area (Å²) in [6.07, 6.45) is 9.19. The van der Waals surface area contributed by atoms with Crippen molar-refractivity contribution in [2.75, 3.05) is 25.4 Å². The van der Waals surface area contributed by atoms with Crippen LogP contribution >= 0.6 is 0 Å². The zero-order valence-corrected chi connectivity index (χ0v) is 24.0. The van der Waals surface area contributed by atoms with Gasteiger partial charge in [-0.05, 0) is 37.1 Å². The number of oxazole rings is 1. The van der Waals surface area contributed by atoms with E-state index < -0.39 is 15.9 Å². The predicted molar refractivity (Wildman–Crippen MR) is 150 cm³/mol. The minimum Gasteiger partial charge on any atom is -0.748 e. The number of nitrogens with zero attached hydrogens (tertiary/aromatic N) is 3. The number of carbonyl (C=O) groups excluding carboxylic acids is 2. The fraction of sp³-hybridized carbons (Fsp3) is 0.310. The van der Waals surface area contributed by atoms with Crippen LogP contribution in [0.15, 0.2) is 77.8 Å². The summed E-state index contributed by atoms with van der Waals surface area (Å²) in [5.74, 6) is 1.26.